The molecule has 1 unspecified atom stereocenters. The van der Waals surface area contributed by atoms with Crippen molar-refractivity contribution in [3.05, 3.63) is 47.7 Å². The van der Waals surface area contributed by atoms with Gasteiger partial charge in [-0.05, 0) is 78.3 Å². The molecule has 0 spiro atoms. The summed E-state index contributed by atoms with van der Waals surface area (Å²) in [5.41, 5.74) is 12.3. The Morgan fingerprint density at radius 3 is 3.00 bits per heavy atom. The van der Waals surface area contributed by atoms with Crippen LogP contribution >= 0.6 is 11.3 Å². The fourth-order valence-electron chi connectivity index (χ4n) is 6.49. The lowest BCUT2D eigenvalue weighted by molar-refractivity contribution is 0.249. The van der Waals surface area contributed by atoms with E-state index < -0.39 is 0 Å². The first-order valence-corrected chi connectivity index (χ1v) is 11.0. The van der Waals surface area contributed by atoms with Crippen LogP contribution in [0.25, 0.3) is 21.1 Å². The summed E-state index contributed by atoms with van der Waals surface area (Å²) >= 11 is 1.59. The maximum Gasteiger partial charge on any atom is 0.181 e. The molecule has 2 aliphatic carbocycles. The van der Waals surface area contributed by atoms with Gasteiger partial charge in [-0.3, -0.25) is 5.10 Å². The standard InChI is InChI=1S/C22H21N5S/c23-22-26-15-4-3-12(8-17(15)28-22)21-19-11-2-1-10(7-11)18(19)20-13-9-24-27-14(13)5-6-16(20)25-21/h3-6,8-11,18-19,21,25H,1-2,7H2,(H2,23,26)(H,24,27)/t10-,11?,18-,19+,21-/m0/s1. The Morgan fingerprint density at radius 1 is 1.11 bits per heavy atom. The summed E-state index contributed by atoms with van der Waals surface area (Å²) in [4.78, 5) is 4.43. The number of rotatable bonds is 1. The minimum absolute atomic E-state index is 0.352. The summed E-state index contributed by atoms with van der Waals surface area (Å²) in [6.45, 7) is 0. The van der Waals surface area contributed by atoms with Crippen LogP contribution in [0.3, 0.4) is 0 Å². The molecule has 0 amide bonds. The SMILES string of the molecule is Nc1nc2ccc([C@@H]3Nc4ccc5[nH]ncc5c4[C@H]4[C@H]5CCC(C5)[C@H]43)cc2s1. The molecule has 1 aliphatic heterocycles. The molecule has 4 aromatic rings. The average molecular weight is 388 g/mol. The van der Waals surface area contributed by atoms with Gasteiger partial charge in [0.2, 0.25) is 0 Å². The Balaban J connectivity index is 1.43. The van der Waals surface area contributed by atoms with Gasteiger partial charge in [-0.2, -0.15) is 5.10 Å². The van der Waals surface area contributed by atoms with Crippen molar-refractivity contribution >= 4 is 43.3 Å². The minimum atomic E-state index is 0.352. The number of anilines is 2. The number of hydrogen-bond donors (Lipinski definition) is 3. The largest absolute Gasteiger partial charge is 0.378 e. The lowest BCUT2D eigenvalue weighted by atomic mass is 9.67. The molecule has 7 rings (SSSR count). The molecule has 2 bridgehead atoms. The van der Waals surface area contributed by atoms with E-state index >= 15 is 0 Å². The fraction of sp³-hybridized carbons (Fsp3) is 0.364. The first-order chi connectivity index (χ1) is 13.8. The molecule has 3 aliphatic rings. The zero-order chi connectivity index (χ0) is 18.4. The predicted molar refractivity (Wildman–Crippen MR) is 114 cm³/mol. The van der Waals surface area contributed by atoms with Crippen LogP contribution in [0.5, 0.6) is 0 Å². The van der Waals surface area contributed by atoms with Crippen LogP contribution < -0.4 is 11.1 Å². The fourth-order valence-corrected chi connectivity index (χ4v) is 7.27. The number of benzene rings is 2. The Labute approximate surface area is 166 Å². The van der Waals surface area contributed by atoms with Crippen LogP contribution in [0.1, 0.15) is 42.3 Å². The predicted octanol–water partition coefficient (Wildman–Crippen LogP) is 5.05. The average Bonchev–Trinajstić information content (AvgIpc) is 3.48. The number of aromatic nitrogens is 3. The van der Waals surface area contributed by atoms with Crippen molar-refractivity contribution in [3.8, 4) is 0 Å². The van der Waals surface area contributed by atoms with Gasteiger partial charge in [0.05, 0.1) is 28.0 Å². The van der Waals surface area contributed by atoms with Gasteiger partial charge in [0.1, 0.15) is 0 Å². The van der Waals surface area contributed by atoms with Crippen molar-refractivity contribution in [3.63, 3.8) is 0 Å². The molecule has 0 radical (unpaired) electrons. The summed E-state index contributed by atoms with van der Waals surface area (Å²) in [6.07, 6.45) is 6.13. The number of nitrogens with two attached hydrogens (primary N) is 1. The van der Waals surface area contributed by atoms with Gasteiger partial charge in [0.15, 0.2) is 5.13 Å². The molecule has 28 heavy (non-hydrogen) atoms. The Bertz CT molecular complexity index is 1240. The number of thiazole rings is 1. The van der Waals surface area contributed by atoms with E-state index in [-0.39, 0.29) is 0 Å². The molecular weight excluding hydrogens is 366 g/mol. The highest BCUT2D eigenvalue weighted by molar-refractivity contribution is 7.22. The quantitative estimate of drug-likeness (QED) is 0.427. The van der Waals surface area contributed by atoms with Crippen LogP contribution in [0.2, 0.25) is 0 Å². The molecule has 3 heterocycles. The summed E-state index contributed by atoms with van der Waals surface area (Å²) in [7, 11) is 0. The van der Waals surface area contributed by atoms with Gasteiger partial charge in [-0.15, -0.1) is 0 Å². The van der Waals surface area contributed by atoms with Gasteiger partial charge < -0.3 is 11.1 Å². The Hall–Kier alpha value is -2.60. The summed E-state index contributed by atoms with van der Waals surface area (Å²) < 4.78 is 1.19. The lowest BCUT2D eigenvalue weighted by Gasteiger charge is -2.43. The molecule has 5 atom stereocenters. The van der Waals surface area contributed by atoms with E-state index in [1.165, 1.54) is 46.2 Å². The third-order valence-electron chi connectivity index (χ3n) is 7.46. The van der Waals surface area contributed by atoms with E-state index in [2.05, 4.69) is 50.8 Å². The number of aromatic amines is 1. The van der Waals surface area contributed by atoms with Gasteiger partial charge in [0, 0.05) is 11.1 Å². The van der Waals surface area contributed by atoms with Gasteiger partial charge >= 0.3 is 0 Å². The van der Waals surface area contributed by atoms with E-state index in [1.807, 2.05) is 6.20 Å². The molecule has 140 valence electrons. The van der Waals surface area contributed by atoms with E-state index in [0.29, 0.717) is 23.0 Å². The minimum Gasteiger partial charge on any atom is -0.378 e. The van der Waals surface area contributed by atoms with Crippen molar-refractivity contribution in [1.29, 1.82) is 0 Å². The van der Waals surface area contributed by atoms with Crippen LogP contribution in [0.15, 0.2) is 36.5 Å². The Morgan fingerprint density at radius 2 is 2.04 bits per heavy atom. The molecule has 5 nitrogen and oxygen atoms in total. The van der Waals surface area contributed by atoms with Crippen molar-refractivity contribution < 1.29 is 0 Å². The van der Waals surface area contributed by atoms with Crippen molar-refractivity contribution in [2.75, 3.05) is 11.1 Å². The zero-order valence-electron chi connectivity index (χ0n) is 15.4. The van der Waals surface area contributed by atoms with Gasteiger partial charge in [-0.1, -0.05) is 17.4 Å². The van der Waals surface area contributed by atoms with Crippen LogP contribution in [0, 0.1) is 17.8 Å². The zero-order valence-corrected chi connectivity index (χ0v) is 16.2. The Kier molecular flexibility index (Phi) is 2.88. The second kappa shape index (κ2) is 5.26. The van der Waals surface area contributed by atoms with Crippen LogP contribution in [-0.4, -0.2) is 15.2 Å². The molecule has 2 fully saturated rings. The summed E-state index contributed by atoms with van der Waals surface area (Å²) in [6, 6.07) is 11.5. The second-order valence-electron chi connectivity index (χ2n) is 8.70. The monoisotopic (exact) mass is 387 g/mol. The maximum atomic E-state index is 5.94. The van der Waals surface area contributed by atoms with Crippen molar-refractivity contribution in [2.24, 2.45) is 17.8 Å². The second-order valence-corrected chi connectivity index (χ2v) is 9.76. The number of fused-ring (bicyclic) bond motifs is 10. The van der Waals surface area contributed by atoms with Crippen molar-refractivity contribution in [1.82, 2.24) is 15.2 Å². The number of hydrogen-bond acceptors (Lipinski definition) is 5. The molecule has 6 heteroatoms. The molecule has 4 N–H and O–H groups in total. The maximum absolute atomic E-state index is 5.94. The number of nitrogens with zero attached hydrogens (tertiary/aromatic N) is 2. The molecule has 2 aromatic heterocycles. The van der Waals surface area contributed by atoms with E-state index in [9.17, 15) is 0 Å². The van der Waals surface area contributed by atoms with E-state index in [0.717, 1.165) is 22.9 Å². The number of nitrogens with one attached hydrogen (secondary N) is 2. The highest BCUT2D eigenvalue weighted by Gasteiger charge is 2.54. The normalized spacial score (nSPS) is 30.5. The summed E-state index contributed by atoms with van der Waals surface area (Å²) in [5, 5.41) is 13.4. The lowest BCUT2D eigenvalue weighted by Crippen LogP contribution is -2.35. The molecule has 0 saturated heterocycles. The third kappa shape index (κ3) is 1.91. The number of nitrogen functional groups attached to an aromatic ring is 1. The number of H-pyrrole nitrogens is 1. The first kappa shape index (κ1) is 15.3. The molecular formula is C22H21N5S. The van der Waals surface area contributed by atoms with Crippen molar-refractivity contribution in [2.45, 2.75) is 31.2 Å². The highest BCUT2D eigenvalue weighted by Crippen LogP contribution is 2.64. The highest BCUT2D eigenvalue weighted by atomic mass is 32.1. The van der Waals surface area contributed by atoms with E-state index in [1.54, 1.807) is 11.3 Å². The molecule has 2 aromatic carbocycles. The smallest absolute Gasteiger partial charge is 0.181 e. The van der Waals surface area contributed by atoms with E-state index in [4.69, 9.17) is 5.73 Å². The van der Waals surface area contributed by atoms with Crippen LogP contribution in [-0.2, 0) is 0 Å². The third-order valence-corrected chi connectivity index (χ3v) is 8.31. The summed E-state index contributed by atoms with van der Waals surface area (Å²) in [5.74, 6) is 2.89. The van der Waals surface area contributed by atoms with Crippen LogP contribution in [0.4, 0.5) is 10.8 Å². The molecule has 2 saturated carbocycles. The van der Waals surface area contributed by atoms with Gasteiger partial charge in [-0.25, -0.2) is 4.98 Å². The first-order valence-electron chi connectivity index (χ1n) is 10.1. The van der Waals surface area contributed by atoms with Gasteiger partial charge in [0.25, 0.3) is 0 Å². The topological polar surface area (TPSA) is 79.6 Å².